The number of nitrogens with two attached hydrogens (primary N) is 1. The summed E-state index contributed by atoms with van der Waals surface area (Å²) >= 11 is 0. The number of piperidine rings is 1. The van der Waals surface area contributed by atoms with E-state index in [1.807, 2.05) is 6.07 Å². The summed E-state index contributed by atoms with van der Waals surface area (Å²) in [6, 6.07) is 1.99. The molecule has 1 aromatic rings. The van der Waals surface area contributed by atoms with Crippen LogP contribution in [0, 0.1) is 11.8 Å². The molecule has 0 amide bonds. The highest BCUT2D eigenvalue weighted by molar-refractivity contribution is 5.49. The van der Waals surface area contributed by atoms with Crippen molar-refractivity contribution in [3.05, 3.63) is 11.9 Å². The zero-order chi connectivity index (χ0) is 14.7. The van der Waals surface area contributed by atoms with E-state index in [0.717, 1.165) is 55.2 Å². The third kappa shape index (κ3) is 3.28. The number of nitrogens with one attached hydrogen (secondary N) is 1. The van der Waals surface area contributed by atoms with Crippen LogP contribution >= 0.6 is 0 Å². The Morgan fingerprint density at radius 1 is 1.24 bits per heavy atom. The van der Waals surface area contributed by atoms with Gasteiger partial charge in [-0.15, -0.1) is 0 Å². The summed E-state index contributed by atoms with van der Waals surface area (Å²) < 4.78 is 0. The quantitative estimate of drug-likeness (QED) is 0.659. The van der Waals surface area contributed by atoms with E-state index >= 15 is 0 Å². The lowest BCUT2D eigenvalue weighted by molar-refractivity contribution is 0.202. The van der Waals surface area contributed by atoms with Crippen LogP contribution in [0.2, 0.25) is 0 Å². The molecule has 1 aliphatic heterocycles. The first-order valence-electron chi connectivity index (χ1n) is 8.39. The Bertz CT molecular complexity index is 476. The minimum Gasteiger partial charge on any atom is -0.356 e. The van der Waals surface area contributed by atoms with Crippen LogP contribution in [0.3, 0.4) is 0 Å². The summed E-state index contributed by atoms with van der Waals surface area (Å²) in [6.07, 6.45) is 8.91. The van der Waals surface area contributed by atoms with E-state index in [2.05, 4.69) is 22.2 Å². The number of fused-ring (bicyclic) bond motifs is 1. The number of nitrogen functional groups attached to an aromatic ring is 1. The summed E-state index contributed by atoms with van der Waals surface area (Å²) in [6.45, 7) is 4.42. The number of aromatic nitrogens is 2. The second-order valence-corrected chi connectivity index (χ2v) is 6.46. The predicted molar refractivity (Wildman–Crippen MR) is 86.1 cm³/mol. The SMILES string of the molecule is CCCc1nc(NN)cc(N2CCC3CCCCC3C2)n1. The number of nitrogens with zero attached hydrogens (tertiary/aromatic N) is 3. The summed E-state index contributed by atoms with van der Waals surface area (Å²) in [5.74, 6) is 10.0. The Balaban J connectivity index is 1.77. The molecule has 3 N–H and O–H groups in total. The molecule has 116 valence electrons. The molecule has 0 spiro atoms. The van der Waals surface area contributed by atoms with E-state index in [1.54, 1.807) is 0 Å². The van der Waals surface area contributed by atoms with E-state index in [-0.39, 0.29) is 0 Å². The van der Waals surface area contributed by atoms with Gasteiger partial charge in [0, 0.05) is 25.6 Å². The Labute approximate surface area is 127 Å². The number of aryl methyl sites for hydroxylation is 1. The molecular formula is C16H27N5. The molecule has 1 saturated heterocycles. The fourth-order valence-corrected chi connectivity index (χ4v) is 3.86. The maximum atomic E-state index is 5.56. The fraction of sp³-hybridized carbons (Fsp3) is 0.750. The summed E-state index contributed by atoms with van der Waals surface area (Å²) in [5.41, 5.74) is 2.68. The lowest BCUT2D eigenvalue weighted by Gasteiger charge is -2.41. The first-order valence-corrected chi connectivity index (χ1v) is 8.39. The highest BCUT2D eigenvalue weighted by Gasteiger charge is 2.31. The van der Waals surface area contributed by atoms with Gasteiger partial charge in [-0.25, -0.2) is 15.8 Å². The van der Waals surface area contributed by atoms with Gasteiger partial charge in [0.2, 0.25) is 0 Å². The average Bonchev–Trinajstić information content (AvgIpc) is 2.54. The smallest absolute Gasteiger partial charge is 0.145 e. The second-order valence-electron chi connectivity index (χ2n) is 6.46. The zero-order valence-electron chi connectivity index (χ0n) is 13.0. The molecule has 0 aromatic carbocycles. The van der Waals surface area contributed by atoms with E-state index < -0.39 is 0 Å². The van der Waals surface area contributed by atoms with Gasteiger partial charge in [-0.1, -0.05) is 26.2 Å². The Morgan fingerprint density at radius 3 is 2.81 bits per heavy atom. The third-order valence-corrected chi connectivity index (χ3v) is 5.00. The van der Waals surface area contributed by atoms with Crippen LogP contribution in [0.15, 0.2) is 6.07 Å². The third-order valence-electron chi connectivity index (χ3n) is 5.00. The predicted octanol–water partition coefficient (Wildman–Crippen LogP) is 2.73. The topological polar surface area (TPSA) is 67.1 Å². The summed E-state index contributed by atoms with van der Waals surface area (Å²) in [4.78, 5) is 11.6. The monoisotopic (exact) mass is 289 g/mol. The van der Waals surface area contributed by atoms with Crippen molar-refractivity contribution in [2.24, 2.45) is 17.7 Å². The maximum Gasteiger partial charge on any atom is 0.145 e. The van der Waals surface area contributed by atoms with Crippen LogP contribution in [0.4, 0.5) is 11.6 Å². The maximum absolute atomic E-state index is 5.56. The van der Waals surface area contributed by atoms with Crippen LogP contribution in [-0.2, 0) is 6.42 Å². The molecule has 2 unspecified atom stereocenters. The van der Waals surface area contributed by atoms with Gasteiger partial charge in [-0.05, 0) is 31.1 Å². The molecule has 2 fully saturated rings. The molecule has 21 heavy (non-hydrogen) atoms. The Morgan fingerprint density at radius 2 is 2.05 bits per heavy atom. The molecule has 5 heteroatoms. The van der Waals surface area contributed by atoms with E-state index in [9.17, 15) is 0 Å². The largest absolute Gasteiger partial charge is 0.356 e. The van der Waals surface area contributed by atoms with Crippen molar-refractivity contribution in [2.45, 2.75) is 51.9 Å². The van der Waals surface area contributed by atoms with Gasteiger partial charge < -0.3 is 10.3 Å². The minimum absolute atomic E-state index is 0.731. The highest BCUT2D eigenvalue weighted by atomic mass is 15.3. The van der Waals surface area contributed by atoms with Gasteiger partial charge in [0.05, 0.1) is 0 Å². The molecule has 3 rings (SSSR count). The van der Waals surface area contributed by atoms with Crippen LogP contribution in [-0.4, -0.2) is 23.1 Å². The normalized spacial score (nSPS) is 25.5. The molecule has 1 aromatic heterocycles. The summed E-state index contributed by atoms with van der Waals surface area (Å²) in [5, 5.41) is 0. The highest BCUT2D eigenvalue weighted by Crippen LogP contribution is 2.37. The van der Waals surface area contributed by atoms with Crippen LogP contribution in [0.5, 0.6) is 0 Å². The number of hydrogen-bond donors (Lipinski definition) is 2. The number of anilines is 2. The van der Waals surface area contributed by atoms with Crippen LogP contribution in [0.1, 0.15) is 51.3 Å². The van der Waals surface area contributed by atoms with Gasteiger partial charge >= 0.3 is 0 Å². The number of rotatable bonds is 4. The van der Waals surface area contributed by atoms with Crippen molar-refractivity contribution in [1.29, 1.82) is 0 Å². The van der Waals surface area contributed by atoms with E-state index in [4.69, 9.17) is 10.8 Å². The first kappa shape index (κ1) is 14.6. The summed E-state index contributed by atoms with van der Waals surface area (Å²) in [7, 11) is 0. The van der Waals surface area contributed by atoms with Crippen molar-refractivity contribution in [3.8, 4) is 0 Å². The molecule has 2 aliphatic rings. The lowest BCUT2D eigenvalue weighted by atomic mass is 9.75. The molecule has 2 heterocycles. The van der Waals surface area contributed by atoms with Crippen LogP contribution in [0.25, 0.3) is 0 Å². The zero-order valence-corrected chi connectivity index (χ0v) is 13.0. The van der Waals surface area contributed by atoms with Crippen molar-refractivity contribution < 1.29 is 0 Å². The Kier molecular flexibility index (Phi) is 4.58. The molecule has 5 nitrogen and oxygen atoms in total. The number of hydrazine groups is 1. The number of hydrogen-bond acceptors (Lipinski definition) is 5. The standard InChI is InChI=1S/C16H27N5/c1-2-5-14-18-15(20-17)10-16(19-14)21-9-8-12-6-3-4-7-13(12)11-21/h10,12-13H,2-9,11,17H2,1H3,(H,18,19,20). The van der Waals surface area contributed by atoms with Gasteiger partial charge in [0.25, 0.3) is 0 Å². The van der Waals surface area contributed by atoms with Crippen molar-refractivity contribution in [1.82, 2.24) is 9.97 Å². The van der Waals surface area contributed by atoms with Gasteiger partial charge in [-0.3, -0.25) is 0 Å². The second kappa shape index (κ2) is 6.60. The van der Waals surface area contributed by atoms with Gasteiger partial charge in [-0.2, -0.15) is 0 Å². The Hall–Kier alpha value is -1.36. The fourth-order valence-electron chi connectivity index (χ4n) is 3.86. The first-order chi connectivity index (χ1) is 10.3. The molecular weight excluding hydrogens is 262 g/mol. The van der Waals surface area contributed by atoms with E-state index in [0.29, 0.717) is 0 Å². The molecule has 2 atom stereocenters. The van der Waals surface area contributed by atoms with Gasteiger partial charge in [0.1, 0.15) is 17.5 Å². The van der Waals surface area contributed by atoms with Crippen molar-refractivity contribution in [2.75, 3.05) is 23.4 Å². The lowest BCUT2D eigenvalue weighted by Crippen LogP contribution is -2.42. The average molecular weight is 289 g/mol. The van der Waals surface area contributed by atoms with Crippen molar-refractivity contribution >= 4 is 11.6 Å². The van der Waals surface area contributed by atoms with Crippen molar-refractivity contribution in [3.63, 3.8) is 0 Å². The molecule has 0 bridgehead atoms. The minimum atomic E-state index is 0.731. The van der Waals surface area contributed by atoms with Crippen LogP contribution < -0.4 is 16.2 Å². The molecule has 0 radical (unpaired) electrons. The molecule has 1 aliphatic carbocycles. The molecule has 1 saturated carbocycles. The van der Waals surface area contributed by atoms with Gasteiger partial charge in [0.15, 0.2) is 0 Å². The van der Waals surface area contributed by atoms with E-state index in [1.165, 1.54) is 32.1 Å².